The maximum atomic E-state index is 13.2. The van der Waals surface area contributed by atoms with Crippen LogP contribution in [-0.2, 0) is 13.0 Å². The minimum absolute atomic E-state index is 0.0335. The van der Waals surface area contributed by atoms with Crippen LogP contribution >= 0.6 is 0 Å². The van der Waals surface area contributed by atoms with E-state index in [0.29, 0.717) is 23.2 Å². The molecule has 0 N–H and O–H groups in total. The van der Waals surface area contributed by atoms with Crippen molar-refractivity contribution in [2.24, 2.45) is 4.99 Å². The fourth-order valence-electron chi connectivity index (χ4n) is 4.05. The molecule has 0 bridgehead atoms. The van der Waals surface area contributed by atoms with E-state index in [0.717, 1.165) is 28.1 Å². The van der Waals surface area contributed by atoms with Crippen LogP contribution in [0.2, 0.25) is 0 Å². The highest BCUT2D eigenvalue weighted by molar-refractivity contribution is 6.14. The number of aliphatic imine (C=N–C) groups is 1. The predicted molar refractivity (Wildman–Crippen MR) is 134 cm³/mol. The molecule has 4 aromatic rings. The minimum Gasteiger partial charge on any atom is -0.294 e. The predicted octanol–water partition coefficient (Wildman–Crippen LogP) is 5.75. The van der Waals surface area contributed by atoms with Crippen molar-refractivity contribution < 1.29 is 9.59 Å². The Balaban J connectivity index is 1.32. The lowest BCUT2D eigenvalue weighted by Crippen LogP contribution is -2.06. The molecule has 0 spiro atoms. The lowest BCUT2D eigenvalue weighted by Gasteiger charge is -2.07. The molecule has 1 aromatic heterocycles. The summed E-state index contributed by atoms with van der Waals surface area (Å²) >= 11 is 0. The summed E-state index contributed by atoms with van der Waals surface area (Å²) in [6, 6.07) is 28.0. The second kappa shape index (κ2) is 9.59. The van der Waals surface area contributed by atoms with Gasteiger partial charge in [0, 0.05) is 34.9 Å². The van der Waals surface area contributed by atoms with E-state index in [1.54, 1.807) is 12.3 Å². The Morgan fingerprint density at radius 1 is 0.765 bits per heavy atom. The maximum absolute atomic E-state index is 13.2. The van der Waals surface area contributed by atoms with E-state index in [1.807, 2.05) is 97.1 Å². The third-order valence-electron chi connectivity index (χ3n) is 5.81. The highest BCUT2D eigenvalue weighted by atomic mass is 16.1. The topological polar surface area (TPSA) is 59.4 Å². The first kappa shape index (κ1) is 21.4. The maximum Gasteiger partial charge on any atom is 0.193 e. The average molecular weight is 443 g/mol. The Labute approximate surface area is 198 Å². The lowest BCUT2D eigenvalue weighted by atomic mass is 9.95. The molecule has 0 saturated heterocycles. The van der Waals surface area contributed by atoms with Gasteiger partial charge in [0.05, 0.1) is 18.0 Å². The summed E-state index contributed by atoms with van der Waals surface area (Å²) in [5.41, 5.74) is 6.52. The van der Waals surface area contributed by atoms with E-state index in [9.17, 15) is 9.59 Å². The Morgan fingerprint density at radius 2 is 1.56 bits per heavy atom. The van der Waals surface area contributed by atoms with Gasteiger partial charge in [-0.3, -0.25) is 19.6 Å². The van der Waals surface area contributed by atoms with Gasteiger partial charge in [0.1, 0.15) is 0 Å². The van der Waals surface area contributed by atoms with Crippen LogP contribution in [0.3, 0.4) is 0 Å². The third kappa shape index (κ3) is 4.66. The van der Waals surface area contributed by atoms with Gasteiger partial charge in [-0.05, 0) is 47.5 Å². The molecule has 3 aromatic carbocycles. The first-order valence-electron chi connectivity index (χ1n) is 11.2. The van der Waals surface area contributed by atoms with E-state index in [1.165, 1.54) is 0 Å². The molecule has 0 amide bonds. The van der Waals surface area contributed by atoms with Gasteiger partial charge in [-0.1, -0.05) is 66.7 Å². The summed E-state index contributed by atoms with van der Waals surface area (Å²) in [5.74, 6) is -0.0274. The van der Waals surface area contributed by atoms with E-state index in [2.05, 4.69) is 9.98 Å². The molecular weight excluding hydrogens is 420 g/mol. The number of pyridine rings is 1. The zero-order chi connectivity index (χ0) is 23.3. The van der Waals surface area contributed by atoms with Crippen LogP contribution in [0.15, 0.2) is 108 Å². The van der Waals surface area contributed by atoms with Crippen LogP contribution in [0.25, 0.3) is 6.08 Å². The molecule has 0 unspecified atom stereocenters. The molecule has 1 aliphatic heterocycles. The SMILES string of the molecule is O=C(Cc1cccc(C(=O)c2ccc3c(c2)CN=C3/C=C/c2ccccn2)c1)c1ccccc1. The molecule has 34 heavy (non-hydrogen) atoms. The Morgan fingerprint density at radius 3 is 2.38 bits per heavy atom. The van der Waals surface area contributed by atoms with Crippen LogP contribution in [0.4, 0.5) is 0 Å². The molecule has 0 fully saturated rings. The van der Waals surface area contributed by atoms with E-state index < -0.39 is 0 Å². The molecule has 0 saturated carbocycles. The van der Waals surface area contributed by atoms with Gasteiger partial charge in [0.25, 0.3) is 0 Å². The van der Waals surface area contributed by atoms with E-state index >= 15 is 0 Å². The number of ketones is 2. The quantitative estimate of drug-likeness (QED) is 0.342. The van der Waals surface area contributed by atoms with Crippen molar-refractivity contribution >= 4 is 23.4 Å². The smallest absolute Gasteiger partial charge is 0.193 e. The highest BCUT2D eigenvalue weighted by Crippen LogP contribution is 2.23. The summed E-state index contributed by atoms with van der Waals surface area (Å²) in [6.07, 6.45) is 5.92. The number of Topliss-reactive ketones (excluding diaryl/α,β-unsaturated/α-hetero) is 1. The van der Waals surface area contributed by atoms with Gasteiger partial charge < -0.3 is 0 Å². The number of fused-ring (bicyclic) bond motifs is 1. The molecule has 4 nitrogen and oxygen atoms in total. The van der Waals surface area contributed by atoms with E-state index in [-0.39, 0.29) is 18.0 Å². The first-order chi connectivity index (χ1) is 16.7. The van der Waals surface area contributed by atoms with Gasteiger partial charge >= 0.3 is 0 Å². The summed E-state index contributed by atoms with van der Waals surface area (Å²) in [6.45, 7) is 0.546. The van der Waals surface area contributed by atoms with Gasteiger partial charge in [0.15, 0.2) is 11.6 Å². The van der Waals surface area contributed by atoms with Crippen LogP contribution in [0.5, 0.6) is 0 Å². The summed E-state index contributed by atoms with van der Waals surface area (Å²) < 4.78 is 0. The Bertz CT molecular complexity index is 1420. The van der Waals surface area contributed by atoms with E-state index in [4.69, 9.17) is 0 Å². The van der Waals surface area contributed by atoms with Crippen LogP contribution < -0.4 is 0 Å². The third-order valence-corrected chi connectivity index (χ3v) is 5.81. The van der Waals surface area contributed by atoms with Crippen molar-refractivity contribution in [2.45, 2.75) is 13.0 Å². The van der Waals surface area contributed by atoms with Gasteiger partial charge in [0.2, 0.25) is 0 Å². The van der Waals surface area contributed by atoms with Crippen molar-refractivity contribution in [2.75, 3.05) is 0 Å². The minimum atomic E-state index is -0.0608. The van der Waals surface area contributed by atoms with Gasteiger partial charge in [-0.25, -0.2) is 0 Å². The molecule has 5 rings (SSSR count). The number of allylic oxidation sites excluding steroid dienone is 1. The largest absolute Gasteiger partial charge is 0.294 e. The van der Waals surface area contributed by atoms with Crippen LogP contribution in [0, 0.1) is 0 Å². The van der Waals surface area contributed by atoms with Crippen molar-refractivity contribution in [3.05, 3.63) is 142 Å². The van der Waals surface area contributed by atoms with Crippen molar-refractivity contribution in [3.8, 4) is 0 Å². The molecule has 2 heterocycles. The highest BCUT2D eigenvalue weighted by Gasteiger charge is 2.18. The fraction of sp³-hybridized carbons (Fsp3) is 0.0667. The number of aromatic nitrogens is 1. The number of hydrogen-bond acceptors (Lipinski definition) is 4. The normalized spacial score (nSPS) is 12.4. The Hall–Kier alpha value is -4.44. The number of nitrogens with zero attached hydrogens (tertiary/aromatic N) is 2. The first-order valence-corrected chi connectivity index (χ1v) is 11.2. The van der Waals surface area contributed by atoms with Gasteiger partial charge in [-0.15, -0.1) is 0 Å². The van der Waals surface area contributed by atoms with Crippen LogP contribution in [0.1, 0.15) is 48.7 Å². The molecule has 164 valence electrons. The number of carbonyl (C=O) groups excluding carboxylic acids is 2. The standard InChI is InChI=1S/C30H22N2O2/c33-29(22-8-2-1-3-9-22)18-21-7-6-10-23(17-21)30(34)24-12-14-27-25(19-24)20-32-28(27)15-13-26-11-4-5-16-31-26/h1-17,19H,18,20H2/b15-13+. The van der Waals surface area contributed by atoms with Gasteiger partial charge in [-0.2, -0.15) is 0 Å². The number of carbonyl (C=O) groups is 2. The van der Waals surface area contributed by atoms with Crippen molar-refractivity contribution in [1.29, 1.82) is 0 Å². The number of hydrogen-bond donors (Lipinski definition) is 0. The summed E-state index contributed by atoms with van der Waals surface area (Å²) in [7, 11) is 0. The second-order valence-corrected chi connectivity index (χ2v) is 8.16. The van der Waals surface area contributed by atoms with Crippen LogP contribution in [-0.4, -0.2) is 22.3 Å². The average Bonchev–Trinajstić information content (AvgIpc) is 3.30. The zero-order valence-corrected chi connectivity index (χ0v) is 18.5. The number of rotatable bonds is 7. The molecule has 0 atom stereocenters. The molecule has 4 heteroatoms. The second-order valence-electron chi connectivity index (χ2n) is 8.16. The molecule has 0 aliphatic carbocycles. The lowest BCUT2D eigenvalue weighted by molar-refractivity contribution is 0.0990. The van der Waals surface area contributed by atoms with Crippen molar-refractivity contribution in [3.63, 3.8) is 0 Å². The molecule has 0 radical (unpaired) electrons. The summed E-state index contributed by atoms with van der Waals surface area (Å²) in [5, 5.41) is 0. The Kier molecular flexibility index (Phi) is 6.04. The number of benzene rings is 3. The summed E-state index contributed by atoms with van der Waals surface area (Å²) in [4.78, 5) is 34.7. The molecular formula is C30H22N2O2. The zero-order valence-electron chi connectivity index (χ0n) is 18.5. The monoisotopic (exact) mass is 442 g/mol. The molecule has 1 aliphatic rings. The fourth-order valence-corrected chi connectivity index (χ4v) is 4.05. The van der Waals surface area contributed by atoms with Crippen molar-refractivity contribution in [1.82, 2.24) is 4.98 Å².